The molecule has 0 aliphatic heterocycles. The first kappa shape index (κ1) is 24.9. The number of imidazole rings is 1. The molecule has 0 atom stereocenters. The second-order valence-corrected chi connectivity index (χ2v) is 12.5. The lowest BCUT2D eigenvalue weighted by atomic mass is 10.0. The molecule has 0 amide bonds. The maximum absolute atomic E-state index is 2.51. The lowest BCUT2D eigenvalue weighted by molar-refractivity contribution is 1.18. The fourth-order valence-corrected chi connectivity index (χ4v) is 8.31. The van der Waals surface area contributed by atoms with Gasteiger partial charge in [-0.05, 0) is 64.0 Å². The highest BCUT2D eigenvalue weighted by Gasteiger charge is 2.21. The molecule has 0 fully saturated rings. The van der Waals surface area contributed by atoms with Gasteiger partial charge in [-0.1, -0.05) is 121 Å². The molecule has 4 heterocycles. The number of rotatable bonds is 1. The number of fused-ring (bicyclic) bond motifs is 16. The highest BCUT2D eigenvalue weighted by molar-refractivity contribution is 6.26. The molecule has 0 aliphatic rings. The van der Waals surface area contributed by atoms with Crippen LogP contribution >= 0.6 is 0 Å². The fraction of sp³-hybridized carbons (Fsp3) is 0. The summed E-state index contributed by atoms with van der Waals surface area (Å²) in [6, 6.07) is 60.1. The van der Waals surface area contributed by atoms with Crippen LogP contribution < -0.4 is 0 Å². The van der Waals surface area contributed by atoms with E-state index >= 15 is 0 Å². The molecule has 47 heavy (non-hydrogen) atoms. The minimum absolute atomic E-state index is 1.15. The van der Waals surface area contributed by atoms with Gasteiger partial charge < -0.3 is 4.57 Å². The Bertz CT molecular complexity index is 3080. The van der Waals surface area contributed by atoms with Crippen LogP contribution in [0.3, 0.4) is 0 Å². The first-order chi connectivity index (χ1) is 23.4. The lowest BCUT2D eigenvalue weighted by Crippen LogP contribution is -1.94. The zero-order chi connectivity index (χ0) is 30.6. The Balaban J connectivity index is 1.45. The Morgan fingerprint density at radius 2 is 0.681 bits per heavy atom. The molecule has 0 N–H and O–H groups in total. The molecule has 0 saturated heterocycles. The normalized spacial score (nSPS) is 12.3. The van der Waals surface area contributed by atoms with Crippen LogP contribution in [0, 0.1) is 0 Å². The van der Waals surface area contributed by atoms with Gasteiger partial charge in [-0.25, -0.2) is 0 Å². The Hall–Kier alpha value is -6.32. The first-order valence-corrected chi connectivity index (χ1v) is 16.2. The standard InChI is InChI=1S/C44H27N3/c1-2-14-30-29(13-1)31-15-3-4-19-35(31)43-36-20-8-12-24-40(36)47-42-27-28(25-26-41(42)46(44(43)47)39-23-11-5-16-32(30)39)45-37-21-9-6-17-33(37)34-18-7-10-22-38(34)45/h1-27H. The van der Waals surface area contributed by atoms with Gasteiger partial charge >= 0.3 is 0 Å². The number of nitrogens with zero attached hydrogens (tertiary/aromatic N) is 3. The second kappa shape index (κ2) is 9.12. The van der Waals surface area contributed by atoms with Crippen molar-refractivity contribution in [2.75, 3.05) is 0 Å². The van der Waals surface area contributed by atoms with E-state index in [0.717, 1.165) is 5.69 Å². The van der Waals surface area contributed by atoms with Crippen LogP contribution in [0.1, 0.15) is 0 Å². The van der Waals surface area contributed by atoms with Gasteiger partial charge in [0, 0.05) is 32.6 Å². The van der Waals surface area contributed by atoms with Gasteiger partial charge in [0.05, 0.1) is 33.1 Å². The van der Waals surface area contributed by atoms with E-state index in [1.165, 1.54) is 87.2 Å². The first-order valence-electron chi connectivity index (χ1n) is 16.2. The summed E-state index contributed by atoms with van der Waals surface area (Å²) in [6.07, 6.45) is 0. The molecule has 3 nitrogen and oxygen atoms in total. The van der Waals surface area contributed by atoms with Crippen molar-refractivity contribution in [1.29, 1.82) is 0 Å². The third kappa shape index (κ3) is 3.20. The van der Waals surface area contributed by atoms with Crippen molar-refractivity contribution in [2.24, 2.45) is 0 Å². The van der Waals surface area contributed by atoms with Gasteiger partial charge in [0.1, 0.15) is 5.65 Å². The van der Waals surface area contributed by atoms with E-state index in [1.54, 1.807) is 0 Å². The predicted molar refractivity (Wildman–Crippen MR) is 199 cm³/mol. The highest BCUT2D eigenvalue weighted by atomic mass is 15.1. The Morgan fingerprint density at radius 1 is 0.277 bits per heavy atom. The Morgan fingerprint density at radius 3 is 1.30 bits per heavy atom. The molecule has 0 radical (unpaired) electrons. The summed E-state index contributed by atoms with van der Waals surface area (Å²) >= 11 is 0. The molecule has 0 spiro atoms. The zero-order valence-electron chi connectivity index (χ0n) is 25.4. The minimum Gasteiger partial charge on any atom is -0.309 e. The van der Waals surface area contributed by atoms with Gasteiger partial charge in [0.15, 0.2) is 0 Å². The van der Waals surface area contributed by atoms with Crippen molar-refractivity contribution >= 4 is 87.2 Å². The van der Waals surface area contributed by atoms with Crippen LogP contribution in [0.2, 0.25) is 0 Å². The third-order valence-corrected chi connectivity index (χ3v) is 10.2. The summed E-state index contributed by atoms with van der Waals surface area (Å²) in [5, 5.41) is 11.3. The van der Waals surface area contributed by atoms with Gasteiger partial charge in [-0.15, -0.1) is 0 Å². The van der Waals surface area contributed by atoms with E-state index in [1.807, 2.05) is 0 Å². The molecule has 0 saturated carbocycles. The summed E-state index contributed by atoms with van der Waals surface area (Å²) in [5.74, 6) is 0. The van der Waals surface area contributed by atoms with Crippen LogP contribution in [0.15, 0.2) is 164 Å². The molecule has 0 unspecified atom stereocenters. The van der Waals surface area contributed by atoms with E-state index in [4.69, 9.17) is 0 Å². The van der Waals surface area contributed by atoms with Crippen LogP contribution in [-0.2, 0) is 0 Å². The smallest absolute Gasteiger partial charge is 0.131 e. The third-order valence-electron chi connectivity index (χ3n) is 10.2. The molecule has 7 aromatic carbocycles. The molecule has 4 aromatic heterocycles. The highest BCUT2D eigenvalue weighted by Crippen LogP contribution is 2.41. The Kier molecular flexibility index (Phi) is 4.84. The van der Waals surface area contributed by atoms with Crippen molar-refractivity contribution in [3.8, 4) is 5.69 Å². The van der Waals surface area contributed by atoms with E-state index in [-0.39, 0.29) is 0 Å². The van der Waals surface area contributed by atoms with Gasteiger partial charge in [-0.2, -0.15) is 0 Å². The summed E-state index contributed by atoms with van der Waals surface area (Å²) in [4.78, 5) is 0. The monoisotopic (exact) mass is 597 g/mol. The van der Waals surface area contributed by atoms with E-state index < -0.39 is 0 Å². The van der Waals surface area contributed by atoms with E-state index in [2.05, 4.69) is 177 Å². The maximum Gasteiger partial charge on any atom is 0.131 e. The summed E-state index contributed by atoms with van der Waals surface area (Å²) in [7, 11) is 0. The molecular formula is C44H27N3. The van der Waals surface area contributed by atoms with Gasteiger partial charge in [0.25, 0.3) is 0 Å². The van der Waals surface area contributed by atoms with Gasteiger partial charge in [0.2, 0.25) is 0 Å². The molecule has 0 aliphatic carbocycles. The summed E-state index contributed by atoms with van der Waals surface area (Å²) < 4.78 is 7.43. The Labute approximate surface area is 269 Å². The van der Waals surface area contributed by atoms with E-state index in [0.29, 0.717) is 0 Å². The van der Waals surface area contributed by atoms with Crippen molar-refractivity contribution in [1.82, 2.24) is 13.4 Å². The minimum atomic E-state index is 1.15. The largest absolute Gasteiger partial charge is 0.309 e. The van der Waals surface area contributed by atoms with Crippen molar-refractivity contribution in [3.05, 3.63) is 164 Å². The quantitative estimate of drug-likeness (QED) is 0.179. The molecular weight excluding hydrogens is 571 g/mol. The number of para-hydroxylation sites is 4. The fourth-order valence-electron chi connectivity index (χ4n) is 8.31. The molecule has 218 valence electrons. The SMILES string of the molecule is c1ccc2c(c1)c1ccccc1c1c3ccccc3n3c4cc(-n5c6ccccc6c6ccccc65)ccc4n(c4ccccc24)c13. The second-order valence-electron chi connectivity index (χ2n) is 12.5. The maximum atomic E-state index is 2.51. The average molecular weight is 598 g/mol. The van der Waals surface area contributed by atoms with Crippen LogP contribution in [0.4, 0.5) is 0 Å². The number of aromatic nitrogens is 3. The topological polar surface area (TPSA) is 13.8 Å². The number of hydrogen-bond donors (Lipinski definition) is 0. The van der Waals surface area contributed by atoms with Crippen molar-refractivity contribution < 1.29 is 0 Å². The van der Waals surface area contributed by atoms with Crippen LogP contribution in [-0.4, -0.2) is 13.4 Å². The lowest BCUT2D eigenvalue weighted by Gasteiger charge is -2.09. The predicted octanol–water partition coefficient (Wildman–Crippen LogP) is 11.6. The summed E-state index contributed by atoms with van der Waals surface area (Å²) in [6.45, 7) is 0. The number of benzene rings is 7. The number of hydrogen-bond acceptors (Lipinski definition) is 0. The van der Waals surface area contributed by atoms with Crippen molar-refractivity contribution in [2.45, 2.75) is 0 Å². The average Bonchev–Trinajstić information content (AvgIpc) is 3.77. The molecule has 0 bridgehead atoms. The van der Waals surface area contributed by atoms with Crippen LogP contribution in [0.25, 0.3) is 92.9 Å². The zero-order valence-corrected chi connectivity index (χ0v) is 25.4. The molecule has 3 heteroatoms. The summed E-state index contributed by atoms with van der Waals surface area (Å²) in [5.41, 5.74) is 9.53. The molecule has 11 rings (SSSR count). The van der Waals surface area contributed by atoms with E-state index in [9.17, 15) is 0 Å². The van der Waals surface area contributed by atoms with Crippen LogP contribution in [0.5, 0.6) is 0 Å². The van der Waals surface area contributed by atoms with Crippen molar-refractivity contribution in [3.63, 3.8) is 0 Å². The molecule has 11 aromatic rings. The van der Waals surface area contributed by atoms with Gasteiger partial charge in [-0.3, -0.25) is 8.80 Å².